The van der Waals surface area contributed by atoms with Gasteiger partial charge in [0.1, 0.15) is 5.60 Å². The van der Waals surface area contributed by atoms with E-state index in [0.717, 1.165) is 6.07 Å². The Morgan fingerprint density at radius 3 is 2.47 bits per heavy atom. The molecule has 82 valence electrons. The molecule has 0 spiro atoms. The number of hydrogen-bond donors (Lipinski definition) is 0. The molecule has 1 aromatic carbocycles. The fourth-order valence-corrected chi connectivity index (χ4v) is 1.82. The highest BCUT2D eigenvalue weighted by molar-refractivity contribution is 9.10. The van der Waals surface area contributed by atoms with Crippen LogP contribution in [0.2, 0.25) is 0 Å². The highest BCUT2D eigenvalue weighted by Gasteiger charge is 2.43. The predicted molar refractivity (Wildman–Crippen MR) is 52.4 cm³/mol. The van der Waals surface area contributed by atoms with E-state index in [1.165, 1.54) is 6.07 Å². The summed E-state index contributed by atoms with van der Waals surface area (Å²) < 4.78 is 42.9. The Morgan fingerprint density at radius 2 is 2.00 bits per heavy atom. The highest BCUT2D eigenvalue weighted by atomic mass is 79.9. The second kappa shape index (κ2) is 3.22. The summed E-state index contributed by atoms with van der Waals surface area (Å²) in [6.07, 6.45) is -4.33. The maximum atomic E-state index is 12.6. The molecule has 0 aliphatic carbocycles. The molecule has 2 rings (SSSR count). The molecule has 0 N–H and O–H groups in total. The number of halogens is 4. The van der Waals surface area contributed by atoms with Crippen LogP contribution in [0.1, 0.15) is 18.1 Å². The first-order valence-electron chi connectivity index (χ1n) is 4.34. The fourth-order valence-electron chi connectivity index (χ4n) is 1.35. The van der Waals surface area contributed by atoms with Gasteiger partial charge in [0.2, 0.25) is 0 Å². The largest absolute Gasteiger partial charge is 0.417 e. The van der Waals surface area contributed by atoms with Crippen LogP contribution in [-0.4, -0.2) is 6.61 Å². The van der Waals surface area contributed by atoms with E-state index in [-0.39, 0.29) is 4.47 Å². The molecule has 1 nitrogen and oxygen atoms in total. The Morgan fingerprint density at radius 1 is 1.40 bits per heavy atom. The summed E-state index contributed by atoms with van der Waals surface area (Å²) in [5.74, 6) is 0. The maximum Gasteiger partial charge on any atom is 0.417 e. The Hall–Kier alpha value is -0.550. The van der Waals surface area contributed by atoms with Crippen LogP contribution in [0.15, 0.2) is 22.7 Å². The number of epoxide rings is 1. The molecule has 0 aromatic heterocycles. The first-order valence-corrected chi connectivity index (χ1v) is 5.13. The van der Waals surface area contributed by atoms with Crippen LogP contribution in [-0.2, 0) is 16.5 Å². The standard InChI is InChI=1S/C10H8BrF3O/c1-9(5-15-9)6-2-3-8(11)7(4-6)10(12,13)14/h2-4H,5H2,1H3. The van der Waals surface area contributed by atoms with Gasteiger partial charge < -0.3 is 4.74 Å². The first-order chi connectivity index (χ1) is 6.83. The molecule has 1 heterocycles. The molecule has 1 atom stereocenters. The van der Waals surface area contributed by atoms with E-state index in [0.29, 0.717) is 12.2 Å². The number of alkyl halides is 3. The van der Waals surface area contributed by atoms with Crippen LogP contribution < -0.4 is 0 Å². The van der Waals surface area contributed by atoms with Gasteiger partial charge >= 0.3 is 6.18 Å². The van der Waals surface area contributed by atoms with Crippen molar-refractivity contribution >= 4 is 15.9 Å². The summed E-state index contributed by atoms with van der Waals surface area (Å²) in [5, 5.41) is 0. The highest BCUT2D eigenvalue weighted by Crippen LogP contribution is 2.42. The van der Waals surface area contributed by atoms with Gasteiger partial charge in [-0.3, -0.25) is 0 Å². The van der Waals surface area contributed by atoms with Gasteiger partial charge in [-0.2, -0.15) is 13.2 Å². The molecule has 15 heavy (non-hydrogen) atoms. The number of rotatable bonds is 1. The number of benzene rings is 1. The number of ether oxygens (including phenoxy) is 1. The molecule has 0 radical (unpaired) electrons. The van der Waals surface area contributed by atoms with Gasteiger partial charge in [0.25, 0.3) is 0 Å². The van der Waals surface area contributed by atoms with Gasteiger partial charge in [-0.1, -0.05) is 22.0 Å². The summed E-state index contributed by atoms with van der Waals surface area (Å²) >= 11 is 2.89. The van der Waals surface area contributed by atoms with Gasteiger partial charge in [0.15, 0.2) is 0 Å². The summed E-state index contributed by atoms with van der Waals surface area (Å²) in [6.45, 7) is 2.25. The van der Waals surface area contributed by atoms with Crippen molar-refractivity contribution in [3.63, 3.8) is 0 Å². The second-order valence-electron chi connectivity index (χ2n) is 3.71. The van der Waals surface area contributed by atoms with Crippen molar-refractivity contribution in [2.45, 2.75) is 18.7 Å². The number of hydrogen-bond acceptors (Lipinski definition) is 1. The second-order valence-corrected chi connectivity index (χ2v) is 4.57. The maximum absolute atomic E-state index is 12.6. The zero-order chi connectivity index (χ0) is 11.3. The van der Waals surface area contributed by atoms with Crippen molar-refractivity contribution in [2.24, 2.45) is 0 Å². The Labute approximate surface area is 93.4 Å². The molecular formula is C10H8BrF3O. The minimum Gasteiger partial charge on any atom is -0.365 e. The minimum absolute atomic E-state index is 0.0583. The quantitative estimate of drug-likeness (QED) is 0.715. The van der Waals surface area contributed by atoms with E-state index in [1.54, 1.807) is 13.0 Å². The van der Waals surface area contributed by atoms with E-state index in [9.17, 15) is 13.2 Å². The molecule has 0 saturated carbocycles. The summed E-state index contributed by atoms with van der Waals surface area (Å²) in [4.78, 5) is 0. The van der Waals surface area contributed by atoms with Crippen molar-refractivity contribution in [3.8, 4) is 0 Å². The fraction of sp³-hybridized carbons (Fsp3) is 0.400. The van der Waals surface area contributed by atoms with Crippen molar-refractivity contribution in [3.05, 3.63) is 33.8 Å². The van der Waals surface area contributed by atoms with Crippen LogP contribution in [0.4, 0.5) is 13.2 Å². The van der Waals surface area contributed by atoms with Crippen LogP contribution in [0, 0.1) is 0 Å². The van der Waals surface area contributed by atoms with Gasteiger partial charge in [0, 0.05) is 4.47 Å². The van der Waals surface area contributed by atoms with Crippen LogP contribution in [0.3, 0.4) is 0 Å². The van der Waals surface area contributed by atoms with Gasteiger partial charge in [-0.05, 0) is 24.6 Å². The van der Waals surface area contributed by atoms with E-state index >= 15 is 0 Å². The van der Waals surface area contributed by atoms with Gasteiger partial charge in [-0.25, -0.2) is 0 Å². The van der Waals surface area contributed by atoms with Crippen LogP contribution in [0.25, 0.3) is 0 Å². The molecule has 0 amide bonds. The van der Waals surface area contributed by atoms with E-state index in [4.69, 9.17) is 4.74 Å². The third-order valence-electron chi connectivity index (χ3n) is 2.46. The SMILES string of the molecule is CC1(c2ccc(Br)c(C(F)(F)F)c2)CO1. The van der Waals surface area contributed by atoms with Gasteiger partial charge in [0.05, 0.1) is 12.2 Å². The summed E-state index contributed by atoms with van der Waals surface area (Å²) in [5.41, 5.74) is -0.615. The molecule has 1 aliphatic heterocycles. The predicted octanol–water partition coefficient (Wildman–Crippen LogP) is 3.71. The molecule has 0 bridgehead atoms. The monoisotopic (exact) mass is 280 g/mol. The lowest BCUT2D eigenvalue weighted by atomic mass is 10.00. The van der Waals surface area contributed by atoms with Gasteiger partial charge in [-0.15, -0.1) is 0 Å². The Balaban J connectivity index is 2.46. The summed E-state index contributed by atoms with van der Waals surface area (Å²) in [7, 11) is 0. The molecule has 1 saturated heterocycles. The topological polar surface area (TPSA) is 12.5 Å². The molecule has 1 fully saturated rings. The van der Waals surface area contributed by atoms with Crippen molar-refractivity contribution in [1.82, 2.24) is 0 Å². The zero-order valence-corrected chi connectivity index (χ0v) is 9.45. The van der Waals surface area contributed by atoms with E-state index < -0.39 is 17.3 Å². The lowest BCUT2D eigenvalue weighted by Gasteiger charge is -2.12. The summed E-state index contributed by atoms with van der Waals surface area (Å²) in [6, 6.07) is 4.19. The lowest BCUT2D eigenvalue weighted by Crippen LogP contribution is -2.10. The normalized spacial score (nSPS) is 25.4. The molecular weight excluding hydrogens is 273 g/mol. The minimum atomic E-state index is -4.33. The Kier molecular flexibility index (Phi) is 2.35. The van der Waals surface area contributed by atoms with Crippen LogP contribution >= 0.6 is 15.9 Å². The van der Waals surface area contributed by atoms with Crippen LogP contribution in [0.5, 0.6) is 0 Å². The van der Waals surface area contributed by atoms with E-state index in [2.05, 4.69) is 15.9 Å². The molecule has 5 heteroatoms. The van der Waals surface area contributed by atoms with Crippen molar-refractivity contribution in [2.75, 3.05) is 6.61 Å². The van der Waals surface area contributed by atoms with Crippen molar-refractivity contribution < 1.29 is 17.9 Å². The van der Waals surface area contributed by atoms with Crippen molar-refractivity contribution in [1.29, 1.82) is 0 Å². The third-order valence-corrected chi connectivity index (χ3v) is 3.15. The molecule has 1 aliphatic rings. The lowest BCUT2D eigenvalue weighted by molar-refractivity contribution is -0.138. The Bertz CT molecular complexity index is 396. The molecule has 1 aromatic rings. The third kappa shape index (κ3) is 2.03. The average molecular weight is 281 g/mol. The average Bonchev–Trinajstić information content (AvgIpc) is 2.83. The zero-order valence-electron chi connectivity index (χ0n) is 7.86. The van der Waals surface area contributed by atoms with E-state index in [1.807, 2.05) is 0 Å². The smallest absolute Gasteiger partial charge is 0.365 e. The molecule has 1 unspecified atom stereocenters. The first kappa shape index (κ1) is 11.0.